The normalized spacial score (nSPS) is 17.2. The number of carbonyl (C=O) groups is 1. The van der Waals surface area contributed by atoms with Crippen LogP contribution in [0, 0.1) is 0 Å². The molecule has 1 aliphatic heterocycles. The second-order valence-corrected chi connectivity index (χ2v) is 7.10. The maximum atomic E-state index is 12.3. The number of nitrogens with zero attached hydrogens (tertiary/aromatic N) is 1. The van der Waals surface area contributed by atoms with Crippen molar-refractivity contribution in [3.8, 4) is 0 Å². The van der Waals surface area contributed by atoms with E-state index in [0.29, 0.717) is 10.1 Å². The second-order valence-electron chi connectivity index (χ2n) is 6.07. The molecule has 1 heterocycles. The molecule has 0 bridgehead atoms. The number of benzene rings is 3. The predicted octanol–water partition coefficient (Wildman–Crippen LogP) is 5.29. The Kier molecular flexibility index (Phi) is 4.59. The van der Waals surface area contributed by atoms with Gasteiger partial charge in [0.25, 0.3) is 5.91 Å². The molecule has 3 nitrogen and oxygen atoms in total. The van der Waals surface area contributed by atoms with Crippen LogP contribution in [0.3, 0.4) is 0 Å². The third kappa shape index (κ3) is 3.41. The largest absolute Gasteiger partial charge is 0.300 e. The van der Waals surface area contributed by atoms with Gasteiger partial charge in [0.1, 0.15) is 0 Å². The van der Waals surface area contributed by atoms with Gasteiger partial charge in [-0.05, 0) is 58.3 Å². The van der Waals surface area contributed by atoms with Crippen LogP contribution in [0.4, 0.5) is 5.69 Å². The van der Waals surface area contributed by atoms with E-state index in [1.165, 1.54) is 17.3 Å². The number of hydrogen-bond acceptors (Lipinski definition) is 3. The molecule has 0 unspecified atom stereocenters. The molecule has 0 spiro atoms. The van der Waals surface area contributed by atoms with Crippen molar-refractivity contribution in [1.82, 2.24) is 5.32 Å². The Balaban J connectivity index is 1.63. The molecule has 0 saturated carbocycles. The van der Waals surface area contributed by atoms with Crippen LogP contribution < -0.4 is 5.32 Å². The smallest absolute Gasteiger partial charge is 0.264 e. The van der Waals surface area contributed by atoms with Gasteiger partial charge in [-0.3, -0.25) is 4.79 Å². The number of aliphatic imine (C=N–C) groups is 1. The molecule has 1 fully saturated rings. The standard InChI is InChI=1S/C22H18N2OS/c1-2-15-10-12-18(13-11-15)23-22-24-21(25)20(26-22)14-17-8-5-7-16-6-3-4-9-19(16)17/h3-14H,2H2,1H3,(H,23,24,25). The molecule has 0 aromatic heterocycles. The number of nitrogens with one attached hydrogen (secondary N) is 1. The minimum Gasteiger partial charge on any atom is -0.300 e. The zero-order valence-electron chi connectivity index (χ0n) is 14.4. The van der Waals surface area contributed by atoms with Crippen LogP contribution in [-0.2, 0) is 11.2 Å². The third-order valence-corrected chi connectivity index (χ3v) is 5.25. The number of carbonyl (C=O) groups excluding carboxylic acids is 1. The molecule has 3 aromatic rings. The fourth-order valence-corrected chi connectivity index (χ4v) is 3.75. The summed E-state index contributed by atoms with van der Waals surface area (Å²) in [6.45, 7) is 2.12. The molecule has 4 rings (SSSR count). The molecular formula is C22H18N2OS. The monoisotopic (exact) mass is 358 g/mol. The van der Waals surface area contributed by atoms with Gasteiger partial charge in [-0.1, -0.05) is 61.5 Å². The Labute approximate surface area is 156 Å². The molecular weight excluding hydrogens is 340 g/mol. The van der Waals surface area contributed by atoms with Gasteiger partial charge in [-0.15, -0.1) is 0 Å². The second kappa shape index (κ2) is 7.18. The molecule has 1 saturated heterocycles. The van der Waals surface area contributed by atoms with Gasteiger partial charge < -0.3 is 5.32 Å². The van der Waals surface area contributed by atoms with Crippen LogP contribution in [0.25, 0.3) is 16.8 Å². The Morgan fingerprint density at radius 1 is 1.00 bits per heavy atom. The lowest BCUT2D eigenvalue weighted by molar-refractivity contribution is -0.115. The minimum absolute atomic E-state index is 0.105. The van der Waals surface area contributed by atoms with Gasteiger partial charge in [0.2, 0.25) is 0 Å². The van der Waals surface area contributed by atoms with Crippen molar-refractivity contribution in [2.75, 3.05) is 0 Å². The van der Waals surface area contributed by atoms with E-state index in [1.807, 2.05) is 42.5 Å². The first-order chi connectivity index (χ1) is 12.7. The van der Waals surface area contributed by atoms with E-state index in [-0.39, 0.29) is 5.91 Å². The number of aryl methyl sites for hydroxylation is 1. The molecule has 0 radical (unpaired) electrons. The predicted molar refractivity (Wildman–Crippen MR) is 111 cm³/mol. The average molecular weight is 358 g/mol. The first-order valence-electron chi connectivity index (χ1n) is 8.59. The van der Waals surface area contributed by atoms with Crippen molar-refractivity contribution in [3.63, 3.8) is 0 Å². The lowest BCUT2D eigenvalue weighted by Gasteiger charge is -2.02. The summed E-state index contributed by atoms with van der Waals surface area (Å²) in [5.41, 5.74) is 3.15. The third-order valence-electron chi connectivity index (χ3n) is 4.34. The highest BCUT2D eigenvalue weighted by molar-refractivity contribution is 8.18. The van der Waals surface area contributed by atoms with Crippen molar-refractivity contribution < 1.29 is 4.79 Å². The highest BCUT2D eigenvalue weighted by Crippen LogP contribution is 2.30. The van der Waals surface area contributed by atoms with Crippen LogP contribution in [0.2, 0.25) is 0 Å². The van der Waals surface area contributed by atoms with E-state index in [9.17, 15) is 4.79 Å². The summed E-state index contributed by atoms with van der Waals surface area (Å²) < 4.78 is 0. The maximum Gasteiger partial charge on any atom is 0.264 e. The van der Waals surface area contributed by atoms with Crippen molar-refractivity contribution in [2.45, 2.75) is 13.3 Å². The summed E-state index contributed by atoms with van der Waals surface area (Å²) in [6.07, 6.45) is 2.94. The molecule has 26 heavy (non-hydrogen) atoms. The lowest BCUT2D eigenvalue weighted by atomic mass is 10.0. The van der Waals surface area contributed by atoms with Gasteiger partial charge in [0.05, 0.1) is 10.6 Å². The van der Waals surface area contributed by atoms with Crippen LogP contribution >= 0.6 is 11.8 Å². The average Bonchev–Trinajstić information content (AvgIpc) is 3.01. The number of hydrogen-bond donors (Lipinski definition) is 1. The summed E-state index contributed by atoms with van der Waals surface area (Å²) in [5, 5.41) is 5.77. The number of fused-ring (bicyclic) bond motifs is 1. The number of rotatable bonds is 3. The molecule has 1 N–H and O–H groups in total. The van der Waals surface area contributed by atoms with Crippen molar-refractivity contribution >= 4 is 45.4 Å². The highest BCUT2D eigenvalue weighted by atomic mass is 32.2. The van der Waals surface area contributed by atoms with E-state index < -0.39 is 0 Å². The first kappa shape index (κ1) is 16.6. The number of thioether (sulfide) groups is 1. The summed E-state index contributed by atoms with van der Waals surface area (Å²) >= 11 is 1.38. The Bertz CT molecular complexity index is 1030. The van der Waals surface area contributed by atoms with E-state index in [4.69, 9.17) is 0 Å². The number of amidine groups is 1. The van der Waals surface area contributed by atoms with E-state index in [2.05, 4.69) is 47.6 Å². The minimum atomic E-state index is -0.105. The molecule has 0 aliphatic carbocycles. The van der Waals surface area contributed by atoms with Crippen LogP contribution in [0.1, 0.15) is 18.1 Å². The molecule has 1 amide bonds. The zero-order valence-corrected chi connectivity index (χ0v) is 15.2. The topological polar surface area (TPSA) is 41.5 Å². The Hall–Kier alpha value is -2.85. The van der Waals surface area contributed by atoms with Crippen LogP contribution in [0.15, 0.2) is 76.6 Å². The van der Waals surface area contributed by atoms with E-state index >= 15 is 0 Å². The molecule has 3 aromatic carbocycles. The zero-order chi connectivity index (χ0) is 17.9. The van der Waals surface area contributed by atoms with E-state index in [0.717, 1.165) is 28.4 Å². The summed E-state index contributed by atoms with van der Waals surface area (Å²) in [4.78, 5) is 17.5. The van der Waals surface area contributed by atoms with Crippen LogP contribution in [0.5, 0.6) is 0 Å². The summed E-state index contributed by atoms with van der Waals surface area (Å²) in [7, 11) is 0. The van der Waals surface area contributed by atoms with Gasteiger partial charge in [-0.25, -0.2) is 4.99 Å². The van der Waals surface area contributed by atoms with Gasteiger partial charge in [-0.2, -0.15) is 0 Å². The quantitative estimate of drug-likeness (QED) is 0.646. The van der Waals surface area contributed by atoms with Gasteiger partial charge >= 0.3 is 0 Å². The first-order valence-corrected chi connectivity index (χ1v) is 9.41. The van der Waals surface area contributed by atoms with Crippen molar-refractivity contribution in [2.24, 2.45) is 4.99 Å². The fraction of sp³-hybridized carbons (Fsp3) is 0.0909. The maximum absolute atomic E-state index is 12.3. The van der Waals surface area contributed by atoms with Crippen LogP contribution in [-0.4, -0.2) is 11.1 Å². The molecule has 4 heteroatoms. The molecule has 0 atom stereocenters. The summed E-state index contributed by atoms with van der Waals surface area (Å²) in [6, 6.07) is 22.4. The van der Waals surface area contributed by atoms with Gasteiger partial charge in [0.15, 0.2) is 5.17 Å². The molecule has 1 aliphatic rings. The van der Waals surface area contributed by atoms with E-state index in [1.54, 1.807) is 0 Å². The molecule has 128 valence electrons. The highest BCUT2D eigenvalue weighted by Gasteiger charge is 2.24. The Morgan fingerprint density at radius 2 is 1.77 bits per heavy atom. The SMILES string of the molecule is CCc1ccc(N=C2NC(=O)C(=Cc3cccc4ccccc34)S2)cc1. The van der Waals surface area contributed by atoms with Crippen molar-refractivity contribution in [1.29, 1.82) is 0 Å². The van der Waals surface area contributed by atoms with Gasteiger partial charge in [0, 0.05) is 0 Å². The summed E-state index contributed by atoms with van der Waals surface area (Å²) in [5.74, 6) is -0.105. The number of amides is 1. The Morgan fingerprint density at radius 3 is 2.58 bits per heavy atom. The fourth-order valence-electron chi connectivity index (χ4n) is 2.92. The van der Waals surface area contributed by atoms with Crippen molar-refractivity contribution in [3.05, 3.63) is 82.8 Å². The lowest BCUT2D eigenvalue weighted by Crippen LogP contribution is -2.19.